The summed E-state index contributed by atoms with van der Waals surface area (Å²) < 4.78 is 0. The van der Waals surface area contributed by atoms with Gasteiger partial charge < -0.3 is 10.4 Å². The van der Waals surface area contributed by atoms with Gasteiger partial charge in [0.05, 0.1) is 5.92 Å². The molecule has 0 aromatic heterocycles. The fourth-order valence-electron chi connectivity index (χ4n) is 2.42. The normalized spacial score (nSPS) is 18.4. The number of carbonyl (C=O) groups is 2. The number of hydrogen-bond donors (Lipinski definition) is 2. The standard InChI is InChI=1S/C15H20N2O3/c1-15(2,3)16-14(20)17-9-8-11(13(18)19)10-6-4-5-7-12(10)17/h4-7,11H,8-9H2,1-3H3,(H,16,20)(H,18,19). The van der Waals surface area contributed by atoms with Crippen molar-refractivity contribution in [3.8, 4) is 0 Å². The van der Waals surface area contributed by atoms with Crippen LogP contribution in [0.4, 0.5) is 10.5 Å². The zero-order valence-corrected chi connectivity index (χ0v) is 12.0. The molecule has 108 valence electrons. The monoisotopic (exact) mass is 276 g/mol. The molecule has 0 spiro atoms. The summed E-state index contributed by atoms with van der Waals surface area (Å²) in [5.74, 6) is -1.38. The predicted octanol–water partition coefficient (Wildman–Crippen LogP) is 2.57. The van der Waals surface area contributed by atoms with Crippen molar-refractivity contribution in [3.05, 3.63) is 29.8 Å². The average Bonchev–Trinajstić information content (AvgIpc) is 2.35. The smallest absolute Gasteiger partial charge is 0.322 e. The first kappa shape index (κ1) is 14.4. The number of hydrogen-bond acceptors (Lipinski definition) is 2. The highest BCUT2D eigenvalue weighted by molar-refractivity contribution is 5.95. The highest BCUT2D eigenvalue weighted by atomic mass is 16.4. The zero-order chi connectivity index (χ0) is 14.9. The molecule has 1 heterocycles. The first-order valence-corrected chi connectivity index (χ1v) is 6.71. The number of aliphatic carboxylic acids is 1. The molecule has 2 N–H and O–H groups in total. The number of anilines is 1. The summed E-state index contributed by atoms with van der Waals surface area (Å²) in [6.07, 6.45) is 0.434. The number of carbonyl (C=O) groups excluding carboxylic acids is 1. The van der Waals surface area contributed by atoms with Crippen molar-refractivity contribution < 1.29 is 14.7 Å². The van der Waals surface area contributed by atoms with Gasteiger partial charge in [-0.05, 0) is 38.8 Å². The van der Waals surface area contributed by atoms with E-state index in [1.165, 1.54) is 0 Å². The lowest BCUT2D eigenvalue weighted by atomic mass is 9.90. The number of nitrogens with one attached hydrogen (secondary N) is 1. The number of carboxylic acids is 1. The first-order chi connectivity index (χ1) is 9.29. The van der Waals surface area contributed by atoms with Crippen molar-refractivity contribution in [3.63, 3.8) is 0 Å². The van der Waals surface area contributed by atoms with Crippen LogP contribution in [0.1, 0.15) is 38.7 Å². The van der Waals surface area contributed by atoms with Crippen LogP contribution in [0.25, 0.3) is 0 Å². The van der Waals surface area contributed by atoms with Crippen molar-refractivity contribution >= 4 is 17.7 Å². The molecule has 0 aliphatic carbocycles. The van der Waals surface area contributed by atoms with Gasteiger partial charge in [-0.15, -0.1) is 0 Å². The lowest BCUT2D eigenvalue weighted by molar-refractivity contribution is -0.139. The Morgan fingerprint density at radius 2 is 1.95 bits per heavy atom. The van der Waals surface area contributed by atoms with E-state index in [2.05, 4.69) is 5.32 Å². The second kappa shape index (κ2) is 5.15. The summed E-state index contributed by atoms with van der Waals surface area (Å²) in [4.78, 5) is 25.2. The molecule has 2 rings (SSSR count). The van der Waals surface area contributed by atoms with Gasteiger partial charge >= 0.3 is 12.0 Å². The molecule has 20 heavy (non-hydrogen) atoms. The van der Waals surface area contributed by atoms with Gasteiger partial charge in [-0.2, -0.15) is 0 Å². The molecule has 5 nitrogen and oxygen atoms in total. The zero-order valence-electron chi connectivity index (χ0n) is 12.0. The van der Waals surface area contributed by atoms with Gasteiger partial charge in [0.2, 0.25) is 0 Å². The minimum Gasteiger partial charge on any atom is -0.481 e. The Hall–Kier alpha value is -2.04. The third kappa shape index (κ3) is 2.92. The molecule has 0 radical (unpaired) electrons. The maximum Gasteiger partial charge on any atom is 0.322 e. The molecule has 1 unspecified atom stereocenters. The van der Waals surface area contributed by atoms with Crippen molar-refractivity contribution in [2.45, 2.75) is 38.6 Å². The summed E-state index contributed by atoms with van der Waals surface area (Å²) in [5.41, 5.74) is 1.07. The maximum absolute atomic E-state index is 12.3. The summed E-state index contributed by atoms with van der Waals surface area (Å²) in [6, 6.07) is 7.02. The highest BCUT2D eigenvalue weighted by Gasteiger charge is 2.33. The number of rotatable bonds is 1. The van der Waals surface area contributed by atoms with Crippen LogP contribution in [-0.4, -0.2) is 29.2 Å². The van der Waals surface area contributed by atoms with E-state index < -0.39 is 11.9 Å². The van der Waals surface area contributed by atoms with Gasteiger partial charge in [0.25, 0.3) is 0 Å². The van der Waals surface area contributed by atoms with Crippen LogP contribution in [0.3, 0.4) is 0 Å². The molecule has 1 aliphatic rings. The summed E-state index contributed by atoms with van der Waals surface area (Å²) in [6.45, 7) is 6.16. The topological polar surface area (TPSA) is 69.6 Å². The lowest BCUT2D eigenvalue weighted by Crippen LogP contribution is -2.50. The highest BCUT2D eigenvalue weighted by Crippen LogP contribution is 2.35. The SMILES string of the molecule is CC(C)(C)NC(=O)N1CCC(C(=O)O)c2ccccc21. The summed E-state index contributed by atoms with van der Waals surface area (Å²) >= 11 is 0. The van der Waals surface area contributed by atoms with Gasteiger partial charge in [0, 0.05) is 17.8 Å². The van der Waals surface area contributed by atoms with Gasteiger partial charge in [-0.1, -0.05) is 18.2 Å². The van der Waals surface area contributed by atoms with Crippen LogP contribution in [0.5, 0.6) is 0 Å². The molecule has 1 aliphatic heterocycles. The quantitative estimate of drug-likeness (QED) is 0.828. The minimum absolute atomic E-state index is 0.186. The molecule has 0 saturated heterocycles. The third-order valence-electron chi connectivity index (χ3n) is 3.27. The van der Waals surface area contributed by atoms with Gasteiger partial charge in [0.1, 0.15) is 0 Å². The van der Waals surface area contributed by atoms with E-state index in [9.17, 15) is 14.7 Å². The number of amides is 2. The molecule has 0 bridgehead atoms. The second-order valence-corrected chi connectivity index (χ2v) is 6.07. The molecule has 5 heteroatoms. The Labute approximate surface area is 118 Å². The van der Waals surface area contributed by atoms with Crippen molar-refractivity contribution in [1.29, 1.82) is 0 Å². The first-order valence-electron chi connectivity index (χ1n) is 6.71. The van der Waals surface area contributed by atoms with Crippen LogP contribution in [0.15, 0.2) is 24.3 Å². The van der Waals surface area contributed by atoms with Gasteiger partial charge in [-0.3, -0.25) is 9.69 Å². The van der Waals surface area contributed by atoms with E-state index >= 15 is 0 Å². The predicted molar refractivity (Wildman–Crippen MR) is 77.1 cm³/mol. The van der Waals surface area contributed by atoms with Gasteiger partial charge in [-0.25, -0.2) is 4.79 Å². The Bertz CT molecular complexity index is 534. The van der Waals surface area contributed by atoms with Crippen molar-refractivity contribution in [2.24, 2.45) is 0 Å². The number of benzene rings is 1. The number of fused-ring (bicyclic) bond motifs is 1. The number of carboxylic acid groups (broad SMARTS) is 1. The Morgan fingerprint density at radius 3 is 2.55 bits per heavy atom. The molecule has 1 aromatic rings. The third-order valence-corrected chi connectivity index (χ3v) is 3.27. The van der Waals surface area contributed by atoms with E-state index in [1.54, 1.807) is 23.1 Å². The number of nitrogens with zero attached hydrogens (tertiary/aromatic N) is 1. The van der Waals surface area contributed by atoms with E-state index in [4.69, 9.17) is 0 Å². The van der Waals surface area contributed by atoms with Crippen LogP contribution in [0, 0.1) is 0 Å². The maximum atomic E-state index is 12.3. The molecule has 1 atom stereocenters. The Morgan fingerprint density at radius 1 is 1.30 bits per heavy atom. The van der Waals surface area contributed by atoms with Crippen LogP contribution < -0.4 is 10.2 Å². The van der Waals surface area contributed by atoms with Crippen LogP contribution >= 0.6 is 0 Å². The van der Waals surface area contributed by atoms with E-state index in [-0.39, 0.29) is 11.6 Å². The molecular weight excluding hydrogens is 256 g/mol. The minimum atomic E-state index is -0.840. The summed E-state index contributed by atoms with van der Waals surface area (Å²) in [5, 5.41) is 12.2. The van der Waals surface area contributed by atoms with E-state index in [0.717, 1.165) is 0 Å². The van der Waals surface area contributed by atoms with E-state index in [0.29, 0.717) is 24.2 Å². The van der Waals surface area contributed by atoms with Gasteiger partial charge in [0.15, 0.2) is 0 Å². The Kier molecular flexibility index (Phi) is 3.70. The molecule has 2 amide bonds. The second-order valence-electron chi connectivity index (χ2n) is 6.07. The molecule has 0 saturated carbocycles. The molecule has 1 aromatic carbocycles. The summed E-state index contributed by atoms with van der Waals surface area (Å²) in [7, 11) is 0. The Balaban J connectivity index is 2.32. The van der Waals surface area contributed by atoms with E-state index in [1.807, 2.05) is 26.8 Å². The fraction of sp³-hybridized carbons (Fsp3) is 0.467. The molecule has 0 fully saturated rings. The van der Waals surface area contributed by atoms with Crippen molar-refractivity contribution in [2.75, 3.05) is 11.4 Å². The molecular formula is C15H20N2O3. The van der Waals surface area contributed by atoms with Crippen LogP contribution in [0.2, 0.25) is 0 Å². The average molecular weight is 276 g/mol. The fourth-order valence-corrected chi connectivity index (χ4v) is 2.42. The number of urea groups is 1. The van der Waals surface area contributed by atoms with Crippen LogP contribution in [-0.2, 0) is 4.79 Å². The largest absolute Gasteiger partial charge is 0.481 e. The van der Waals surface area contributed by atoms with Crippen molar-refractivity contribution in [1.82, 2.24) is 5.32 Å². The number of para-hydroxylation sites is 1. The lowest BCUT2D eigenvalue weighted by Gasteiger charge is -2.34.